The van der Waals surface area contributed by atoms with Crippen molar-refractivity contribution in [2.24, 2.45) is 0 Å². The number of allylic oxidation sites excluding steroid dienone is 1. The Bertz CT molecular complexity index is 1220. The number of aromatic nitrogens is 2. The van der Waals surface area contributed by atoms with Gasteiger partial charge in [0, 0.05) is 48.2 Å². The van der Waals surface area contributed by atoms with E-state index < -0.39 is 0 Å². The summed E-state index contributed by atoms with van der Waals surface area (Å²) in [4.78, 5) is 24.1. The van der Waals surface area contributed by atoms with Gasteiger partial charge in [-0.05, 0) is 31.4 Å². The molecule has 0 saturated heterocycles. The Morgan fingerprint density at radius 2 is 2.03 bits per heavy atom. The van der Waals surface area contributed by atoms with Gasteiger partial charge in [0.15, 0.2) is 5.69 Å². The van der Waals surface area contributed by atoms with Crippen LogP contribution in [0.4, 0.5) is 0 Å². The van der Waals surface area contributed by atoms with Crippen molar-refractivity contribution in [2.75, 3.05) is 20.2 Å². The number of thiophene rings is 1. The lowest BCUT2D eigenvalue weighted by Crippen LogP contribution is -2.34. The Morgan fingerprint density at radius 1 is 1.24 bits per heavy atom. The van der Waals surface area contributed by atoms with Gasteiger partial charge in [0.1, 0.15) is 18.1 Å². The molecule has 2 amide bonds. The van der Waals surface area contributed by atoms with Crippen LogP contribution in [0.2, 0.25) is 0 Å². The topological polar surface area (TPSA) is 94.5 Å². The highest BCUT2D eigenvalue weighted by atomic mass is 32.1. The van der Waals surface area contributed by atoms with E-state index in [0.29, 0.717) is 24.5 Å². The molecule has 1 aromatic carbocycles. The molecule has 3 heterocycles. The molecule has 0 radical (unpaired) electrons. The molecule has 33 heavy (non-hydrogen) atoms. The van der Waals surface area contributed by atoms with Gasteiger partial charge >= 0.3 is 0 Å². The van der Waals surface area contributed by atoms with Gasteiger partial charge in [-0.25, -0.2) is 4.68 Å². The summed E-state index contributed by atoms with van der Waals surface area (Å²) in [7, 11) is 1.64. The highest BCUT2D eigenvalue weighted by molar-refractivity contribution is 7.08. The van der Waals surface area contributed by atoms with Gasteiger partial charge in [-0.15, -0.1) is 0 Å². The number of carbonyl (C=O) groups is 2. The van der Waals surface area contributed by atoms with E-state index >= 15 is 0 Å². The number of methoxy groups -OCH3 is 1. The molecule has 0 aliphatic carbocycles. The lowest BCUT2D eigenvalue weighted by Gasteiger charge is -2.21. The summed E-state index contributed by atoms with van der Waals surface area (Å²) in [5, 5.41) is 14.1. The minimum absolute atomic E-state index is 0.143. The average Bonchev–Trinajstić information content (AvgIpc) is 3.43. The van der Waals surface area contributed by atoms with Crippen LogP contribution in [0.15, 0.2) is 34.5 Å². The molecule has 2 N–H and O–H groups in total. The van der Waals surface area contributed by atoms with Crippen LogP contribution in [0.25, 0.3) is 23.0 Å². The zero-order valence-electron chi connectivity index (χ0n) is 19.0. The number of nitrogens with zero attached hydrogens (tertiary/aromatic N) is 2. The Kier molecular flexibility index (Phi) is 6.50. The number of amides is 2. The molecule has 0 fully saturated rings. The van der Waals surface area contributed by atoms with E-state index in [-0.39, 0.29) is 18.4 Å². The molecule has 172 valence electrons. The van der Waals surface area contributed by atoms with Gasteiger partial charge < -0.3 is 20.1 Å². The fourth-order valence-electron chi connectivity index (χ4n) is 3.74. The molecule has 1 aliphatic rings. The van der Waals surface area contributed by atoms with Crippen LogP contribution in [0.1, 0.15) is 42.4 Å². The fraction of sp³-hybridized carbons (Fsp3) is 0.292. The molecule has 3 aromatic rings. The minimum atomic E-state index is -0.310. The smallest absolute Gasteiger partial charge is 0.272 e. The van der Waals surface area contributed by atoms with Gasteiger partial charge in [-0.2, -0.15) is 16.4 Å². The number of hydrogen-bond donors (Lipinski definition) is 2. The van der Waals surface area contributed by atoms with Crippen LogP contribution in [-0.2, 0) is 11.4 Å². The Hall–Kier alpha value is -3.59. The van der Waals surface area contributed by atoms with E-state index in [1.165, 1.54) is 6.92 Å². The van der Waals surface area contributed by atoms with E-state index in [1.54, 1.807) is 23.1 Å². The van der Waals surface area contributed by atoms with Crippen molar-refractivity contribution in [1.82, 2.24) is 20.4 Å². The third-order valence-corrected chi connectivity index (χ3v) is 5.81. The van der Waals surface area contributed by atoms with Crippen molar-refractivity contribution in [2.45, 2.75) is 27.4 Å². The number of rotatable bonds is 7. The Balaban J connectivity index is 1.80. The Morgan fingerprint density at radius 3 is 2.70 bits per heavy atom. The number of benzene rings is 1. The van der Waals surface area contributed by atoms with E-state index in [9.17, 15) is 9.59 Å². The second-order valence-electron chi connectivity index (χ2n) is 7.91. The first kappa shape index (κ1) is 22.6. The number of fused-ring (bicyclic) bond motifs is 3. The van der Waals surface area contributed by atoms with Crippen LogP contribution in [-0.4, -0.2) is 41.8 Å². The quantitative estimate of drug-likeness (QED) is 0.517. The lowest BCUT2D eigenvalue weighted by atomic mass is 9.98. The minimum Gasteiger partial charge on any atom is -0.496 e. The van der Waals surface area contributed by atoms with Gasteiger partial charge in [-0.1, -0.05) is 11.6 Å². The molecule has 0 unspecified atom stereocenters. The number of hydrogen-bond acceptors (Lipinski definition) is 6. The molecular weight excluding hydrogens is 440 g/mol. The maximum absolute atomic E-state index is 13.0. The zero-order valence-corrected chi connectivity index (χ0v) is 19.8. The van der Waals surface area contributed by atoms with Crippen molar-refractivity contribution in [3.8, 4) is 28.4 Å². The predicted molar refractivity (Wildman–Crippen MR) is 128 cm³/mol. The van der Waals surface area contributed by atoms with Gasteiger partial charge in [-0.3, -0.25) is 9.59 Å². The zero-order chi connectivity index (χ0) is 23.5. The molecular formula is C24H26N4O4S. The summed E-state index contributed by atoms with van der Waals surface area (Å²) >= 11 is 1.56. The van der Waals surface area contributed by atoms with E-state index in [0.717, 1.165) is 39.4 Å². The molecule has 1 aliphatic heterocycles. The third kappa shape index (κ3) is 4.63. The molecule has 0 spiro atoms. The monoisotopic (exact) mass is 466 g/mol. The van der Waals surface area contributed by atoms with E-state index in [2.05, 4.69) is 15.7 Å². The van der Waals surface area contributed by atoms with Gasteiger partial charge in [0.25, 0.3) is 5.91 Å². The summed E-state index contributed by atoms with van der Waals surface area (Å²) in [5.41, 5.74) is 5.64. The van der Waals surface area contributed by atoms with Crippen LogP contribution in [0, 0.1) is 0 Å². The summed E-state index contributed by atoms with van der Waals surface area (Å²) < 4.78 is 13.4. The molecule has 0 saturated carbocycles. The molecule has 2 aromatic heterocycles. The van der Waals surface area contributed by atoms with Crippen LogP contribution in [0.5, 0.6) is 11.5 Å². The normalized spacial score (nSPS) is 11.6. The van der Waals surface area contributed by atoms with Gasteiger partial charge in [0.05, 0.1) is 18.5 Å². The average molecular weight is 467 g/mol. The largest absolute Gasteiger partial charge is 0.496 e. The van der Waals surface area contributed by atoms with Crippen LogP contribution in [0.3, 0.4) is 0 Å². The molecule has 8 nitrogen and oxygen atoms in total. The number of ether oxygens (including phenoxy) is 2. The van der Waals surface area contributed by atoms with Crippen molar-refractivity contribution in [1.29, 1.82) is 0 Å². The predicted octanol–water partition coefficient (Wildman–Crippen LogP) is 3.79. The first-order chi connectivity index (χ1) is 15.9. The summed E-state index contributed by atoms with van der Waals surface area (Å²) in [5.74, 6) is 0.946. The maximum atomic E-state index is 13.0. The molecule has 0 bridgehead atoms. The first-order valence-corrected chi connectivity index (χ1v) is 11.5. The maximum Gasteiger partial charge on any atom is 0.272 e. The summed E-state index contributed by atoms with van der Waals surface area (Å²) in [6.45, 7) is 6.36. The van der Waals surface area contributed by atoms with Crippen LogP contribution < -0.4 is 20.1 Å². The third-order valence-electron chi connectivity index (χ3n) is 5.14. The number of carbonyl (C=O) groups excluding carboxylic acids is 2. The first-order valence-electron chi connectivity index (χ1n) is 10.6. The highest BCUT2D eigenvalue weighted by Gasteiger charge is 2.31. The highest BCUT2D eigenvalue weighted by Crippen LogP contribution is 2.44. The fourth-order valence-corrected chi connectivity index (χ4v) is 4.36. The van der Waals surface area contributed by atoms with E-state index in [1.807, 2.05) is 48.9 Å². The molecule has 4 rings (SSSR count). The second-order valence-corrected chi connectivity index (χ2v) is 8.69. The van der Waals surface area contributed by atoms with Crippen molar-refractivity contribution >= 4 is 29.2 Å². The van der Waals surface area contributed by atoms with Gasteiger partial charge in [0.2, 0.25) is 5.91 Å². The molecule has 0 atom stereocenters. The van der Waals surface area contributed by atoms with Crippen LogP contribution >= 0.6 is 11.3 Å². The summed E-state index contributed by atoms with van der Waals surface area (Å²) in [6, 6.07) is 5.86. The SMILES string of the molecule is COc1cc2c(cc1C=C(C)C)-c1c(c(C(=O)NCCNC(C)=O)nn1-c1ccsc1)CO2. The summed E-state index contributed by atoms with van der Waals surface area (Å²) in [6.07, 6.45) is 2.05. The Labute approximate surface area is 196 Å². The second kappa shape index (κ2) is 9.50. The van der Waals surface area contributed by atoms with Crippen molar-refractivity contribution in [3.63, 3.8) is 0 Å². The van der Waals surface area contributed by atoms with E-state index in [4.69, 9.17) is 9.47 Å². The van der Waals surface area contributed by atoms with Crippen molar-refractivity contribution in [3.05, 3.63) is 51.4 Å². The number of nitrogens with one attached hydrogen (secondary N) is 2. The molecule has 9 heteroatoms. The van der Waals surface area contributed by atoms with Crippen molar-refractivity contribution < 1.29 is 19.1 Å². The lowest BCUT2D eigenvalue weighted by molar-refractivity contribution is -0.118. The standard InChI is InChI=1S/C24H26N4O4S/c1-14(2)9-16-10-18-21(11-20(16)31-4)32-12-19-22(24(30)26-7-6-25-15(3)29)27-28(23(18)19)17-5-8-33-13-17/h5,8-11,13H,6-7,12H2,1-4H3,(H,25,29)(H,26,30).